The van der Waals surface area contributed by atoms with E-state index in [1.807, 2.05) is 0 Å². The standard InChI is InChI=1S/C4H3ClN2O2/c5-3-1-2-6-4(3)7(8)9/h1-2,6H. The molecule has 0 aliphatic rings. The Labute approximate surface area is 55.6 Å². The van der Waals surface area contributed by atoms with Crippen molar-refractivity contribution in [3.8, 4) is 0 Å². The molecule has 0 atom stereocenters. The number of nitro groups is 1. The highest BCUT2D eigenvalue weighted by molar-refractivity contribution is 6.32. The molecule has 1 rings (SSSR count). The van der Waals surface area contributed by atoms with Crippen LogP contribution in [-0.2, 0) is 0 Å². The van der Waals surface area contributed by atoms with Crippen molar-refractivity contribution in [2.24, 2.45) is 0 Å². The normalized spacial score (nSPS) is 9.44. The van der Waals surface area contributed by atoms with Gasteiger partial charge in [-0.3, -0.25) is 0 Å². The molecule has 0 saturated heterocycles. The third kappa shape index (κ3) is 1.02. The van der Waals surface area contributed by atoms with Gasteiger partial charge in [0.05, 0.1) is 6.20 Å². The number of aromatic amines is 1. The van der Waals surface area contributed by atoms with Crippen LogP contribution < -0.4 is 0 Å². The van der Waals surface area contributed by atoms with Crippen molar-refractivity contribution in [3.63, 3.8) is 0 Å². The van der Waals surface area contributed by atoms with Crippen LogP contribution in [0.5, 0.6) is 0 Å². The summed E-state index contributed by atoms with van der Waals surface area (Å²) in [6.45, 7) is 0. The first kappa shape index (κ1) is 6.10. The molecule has 1 aromatic heterocycles. The molecule has 0 spiro atoms. The van der Waals surface area contributed by atoms with Gasteiger partial charge in [0, 0.05) is 6.07 Å². The van der Waals surface area contributed by atoms with E-state index < -0.39 is 4.92 Å². The first-order chi connectivity index (χ1) is 4.22. The van der Waals surface area contributed by atoms with Gasteiger partial charge in [-0.2, -0.15) is 0 Å². The van der Waals surface area contributed by atoms with Gasteiger partial charge < -0.3 is 10.1 Å². The summed E-state index contributed by atoms with van der Waals surface area (Å²) < 4.78 is 0. The SMILES string of the molecule is O=[N+]([O-])c1[nH]ccc1Cl. The highest BCUT2D eigenvalue weighted by Gasteiger charge is 2.08. The fourth-order valence-corrected chi connectivity index (χ4v) is 0.668. The van der Waals surface area contributed by atoms with E-state index in [1.165, 1.54) is 12.3 Å². The molecule has 0 saturated carbocycles. The summed E-state index contributed by atoms with van der Waals surface area (Å²) in [7, 11) is 0. The van der Waals surface area contributed by atoms with Gasteiger partial charge in [-0.05, 0) is 4.92 Å². The molecular weight excluding hydrogens is 144 g/mol. The Morgan fingerprint density at radius 3 is 2.67 bits per heavy atom. The molecule has 1 N–H and O–H groups in total. The number of rotatable bonds is 1. The molecule has 4 nitrogen and oxygen atoms in total. The summed E-state index contributed by atoms with van der Waals surface area (Å²) in [6.07, 6.45) is 1.42. The van der Waals surface area contributed by atoms with Crippen molar-refractivity contribution in [2.45, 2.75) is 0 Å². The Hall–Kier alpha value is -1.03. The average molecular weight is 147 g/mol. The monoisotopic (exact) mass is 146 g/mol. The molecule has 48 valence electrons. The van der Waals surface area contributed by atoms with Crippen LogP contribution in [0.1, 0.15) is 0 Å². The van der Waals surface area contributed by atoms with Gasteiger partial charge in [0.25, 0.3) is 0 Å². The first-order valence-electron chi connectivity index (χ1n) is 2.19. The molecule has 0 aromatic carbocycles. The van der Waals surface area contributed by atoms with Gasteiger partial charge in [-0.25, -0.2) is 4.98 Å². The van der Waals surface area contributed by atoms with Gasteiger partial charge >= 0.3 is 5.82 Å². The van der Waals surface area contributed by atoms with Crippen molar-refractivity contribution in [3.05, 3.63) is 27.4 Å². The molecular formula is C4H3ClN2O2. The van der Waals surface area contributed by atoms with E-state index >= 15 is 0 Å². The lowest BCUT2D eigenvalue weighted by atomic mass is 10.6. The summed E-state index contributed by atoms with van der Waals surface area (Å²) in [5, 5.41) is 10.1. The lowest BCUT2D eigenvalue weighted by Crippen LogP contribution is -1.86. The number of nitrogens with one attached hydrogen (secondary N) is 1. The molecule has 0 fully saturated rings. The molecule has 1 heterocycles. The molecule has 5 heteroatoms. The van der Waals surface area contributed by atoms with Crippen molar-refractivity contribution >= 4 is 17.4 Å². The quantitative estimate of drug-likeness (QED) is 0.483. The van der Waals surface area contributed by atoms with E-state index in [2.05, 4.69) is 4.98 Å². The Morgan fingerprint density at radius 2 is 2.44 bits per heavy atom. The maximum absolute atomic E-state index is 9.97. The lowest BCUT2D eigenvalue weighted by molar-refractivity contribution is -0.389. The van der Waals surface area contributed by atoms with Gasteiger partial charge in [-0.1, -0.05) is 11.6 Å². The fourth-order valence-electron chi connectivity index (χ4n) is 0.482. The molecule has 0 amide bonds. The second kappa shape index (κ2) is 2.06. The van der Waals surface area contributed by atoms with E-state index in [0.29, 0.717) is 0 Å². The number of hydrogen-bond donors (Lipinski definition) is 1. The number of H-pyrrole nitrogens is 1. The Kier molecular flexibility index (Phi) is 1.40. The van der Waals surface area contributed by atoms with Crippen LogP contribution in [0.15, 0.2) is 12.3 Å². The first-order valence-corrected chi connectivity index (χ1v) is 2.57. The highest BCUT2D eigenvalue weighted by atomic mass is 35.5. The zero-order valence-corrected chi connectivity index (χ0v) is 5.05. The molecule has 0 aliphatic carbocycles. The van der Waals surface area contributed by atoms with Crippen molar-refractivity contribution < 1.29 is 4.92 Å². The maximum Gasteiger partial charge on any atom is 0.339 e. The fraction of sp³-hybridized carbons (Fsp3) is 0. The molecule has 1 aromatic rings. The predicted molar refractivity (Wildman–Crippen MR) is 32.5 cm³/mol. The Bertz CT molecular complexity index is 232. The summed E-state index contributed by atoms with van der Waals surface area (Å²) in [6, 6.07) is 1.43. The summed E-state index contributed by atoms with van der Waals surface area (Å²) >= 11 is 5.36. The number of nitrogens with zero attached hydrogens (tertiary/aromatic N) is 1. The zero-order valence-electron chi connectivity index (χ0n) is 4.30. The number of halogens is 1. The topological polar surface area (TPSA) is 58.9 Å². The molecule has 0 aliphatic heterocycles. The van der Waals surface area contributed by atoms with E-state index in [-0.39, 0.29) is 10.8 Å². The van der Waals surface area contributed by atoms with Crippen LogP contribution in [0.2, 0.25) is 5.02 Å². The second-order valence-electron chi connectivity index (χ2n) is 1.43. The summed E-state index contributed by atoms with van der Waals surface area (Å²) in [5.74, 6) is -0.156. The molecule has 0 unspecified atom stereocenters. The highest BCUT2D eigenvalue weighted by Crippen LogP contribution is 2.20. The van der Waals surface area contributed by atoms with E-state index in [1.54, 1.807) is 0 Å². The maximum atomic E-state index is 9.97. The molecule has 9 heavy (non-hydrogen) atoms. The van der Waals surface area contributed by atoms with Crippen molar-refractivity contribution in [1.82, 2.24) is 4.98 Å². The van der Waals surface area contributed by atoms with E-state index in [0.717, 1.165) is 0 Å². The smallest absolute Gasteiger partial charge is 0.339 e. The lowest BCUT2D eigenvalue weighted by Gasteiger charge is -1.87. The zero-order chi connectivity index (χ0) is 6.85. The largest absolute Gasteiger partial charge is 0.358 e. The number of hydrogen-bond acceptors (Lipinski definition) is 2. The van der Waals surface area contributed by atoms with Crippen LogP contribution in [0.25, 0.3) is 0 Å². The van der Waals surface area contributed by atoms with Gasteiger partial charge in [0.1, 0.15) is 5.02 Å². The Morgan fingerprint density at radius 1 is 1.78 bits per heavy atom. The second-order valence-corrected chi connectivity index (χ2v) is 1.84. The third-order valence-electron chi connectivity index (χ3n) is 0.859. The van der Waals surface area contributed by atoms with Crippen LogP contribution in [0, 0.1) is 10.1 Å². The average Bonchev–Trinajstić information content (AvgIpc) is 2.13. The van der Waals surface area contributed by atoms with Gasteiger partial charge in [0.15, 0.2) is 0 Å². The van der Waals surface area contributed by atoms with Crippen LogP contribution in [0.4, 0.5) is 5.82 Å². The van der Waals surface area contributed by atoms with Crippen molar-refractivity contribution in [2.75, 3.05) is 0 Å². The van der Waals surface area contributed by atoms with Gasteiger partial charge in [0.2, 0.25) is 0 Å². The van der Waals surface area contributed by atoms with Crippen molar-refractivity contribution in [1.29, 1.82) is 0 Å². The molecule has 0 radical (unpaired) electrons. The third-order valence-corrected chi connectivity index (χ3v) is 1.16. The van der Waals surface area contributed by atoms with Crippen LogP contribution in [-0.4, -0.2) is 9.91 Å². The molecule has 0 bridgehead atoms. The van der Waals surface area contributed by atoms with Gasteiger partial charge in [-0.15, -0.1) is 0 Å². The Balaban J connectivity index is 3.08. The van der Waals surface area contributed by atoms with Crippen LogP contribution in [0.3, 0.4) is 0 Å². The van der Waals surface area contributed by atoms with Crippen LogP contribution >= 0.6 is 11.6 Å². The van der Waals surface area contributed by atoms with E-state index in [4.69, 9.17) is 11.6 Å². The number of aromatic nitrogens is 1. The van der Waals surface area contributed by atoms with E-state index in [9.17, 15) is 10.1 Å². The predicted octanol–water partition coefficient (Wildman–Crippen LogP) is 1.58. The minimum absolute atomic E-state index is 0.139. The minimum Gasteiger partial charge on any atom is -0.358 e. The minimum atomic E-state index is -0.567. The summed E-state index contributed by atoms with van der Waals surface area (Å²) in [4.78, 5) is 11.8. The summed E-state index contributed by atoms with van der Waals surface area (Å²) in [5.41, 5.74) is 0.